The molecule has 58 heavy (non-hydrogen) atoms. The van der Waals surface area contributed by atoms with Gasteiger partial charge in [-0.3, -0.25) is 9.59 Å². The summed E-state index contributed by atoms with van der Waals surface area (Å²) in [5.41, 5.74) is 8.28. The number of rotatable bonds is 13. The zero-order valence-electron chi connectivity index (χ0n) is 31.9. The fourth-order valence-corrected chi connectivity index (χ4v) is 8.13. The molecular weight excluding hydrogens is 745 g/mol. The first-order chi connectivity index (χ1) is 28.4. The molecule has 2 N–H and O–H groups in total. The predicted octanol–water partition coefficient (Wildman–Crippen LogP) is 10.6. The van der Waals surface area contributed by atoms with E-state index in [2.05, 4.69) is 17.4 Å². The van der Waals surface area contributed by atoms with E-state index >= 15 is 0 Å². The minimum atomic E-state index is -0.727. The average Bonchev–Trinajstić information content (AvgIpc) is 3.71. The van der Waals surface area contributed by atoms with E-state index in [1.165, 1.54) is 18.7 Å². The number of hydrogen-bond acceptors (Lipinski definition) is 8. The number of anilines is 1. The van der Waals surface area contributed by atoms with Crippen LogP contribution < -0.4 is 5.32 Å². The molecule has 1 amide bonds. The van der Waals surface area contributed by atoms with Crippen LogP contribution in [0.2, 0.25) is 0 Å². The fraction of sp³-hybridized carbons (Fsp3) is 0.163. The lowest BCUT2D eigenvalue weighted by Gasteiger charge is -2.43. The van der Waals surface area contributed by atoms with Crippen molar-refractivity contribution >= 4 is 29.1 Å². The maximum Gasteiger partial charge on any atom is 0.256 e. The number of ketones is 1. The van der Waals surface area contributed by atoms with Crippen molar-refractivity contribution in [2.24, 2.45) is 0 Å². The fourth-order valence-electron chi connectivity index (χ4n) is 7.24. The van der Waals surface area contributed by atoms with Gasteiger partial charge in [-0.25, -0.2) is 4.98 Å². The molecule has 290 valence electrons. The highest BCUT2D eigenvalue weighted by Crippen LogP contribution is 2.48. The molecular formula is C49H42N2O6S. The monoisotopic (exact) mass is 786 g/mol. The van der Waals surface area contributed by atoms with Crippen molar-refractivity contribution < 1.29 is 28.6 Å². The van der Waals surface area contributed by atoms with Crippen LogP contribution in [-0.4, -0.2) is 33.6 Å². The normalized spacial score (nSPS) is 17.8. The molecule has 0 aliphatic carbocycles. The van der Waals surface area contributed by atoms with Crippen LogP contribution in [0.25, 0.3) is 22.6 Å². The molecule has 7 aromatic rings. The molecule has 1 aliphatic rings. The highest BCUT2D eigenvalue weighted by Gasteiger charge is 2.42. The number of aliphatic hydroxyl groups is 1. The molecule has 9 heteroatoms. The Bertz CT molecular complexity index is 2400. The summed E-state index contributed by atoms with van der Waals surface area (Å²) in [4.78, 5) is 29.9. The van der Waals surface area contributed by atoms with Gasteiger partial charge < -0.3 is 24.3 Å². The van der Waals surface area contributed by atoms with Gasteiger partial charge in [0.1, 0.15) is 5.69 Å². The smallest absolute Gasteiger partial charge is 0.256 e. The van der Waals surface area contributed by atoms with Gasteiger partial charge >= 0.3 is 0 Å². The highest BCUT2D eigenvalue weighted by atomic mass is 32.2. The number of nitrogens with one attached hydrogen (secondary N) is 1. The Kier molecular flexibility index (Phi) is 12.0. The van der Waals surface area contributed by atoms with Crippen LogP contribution in [0.15, 0.2) is 173 Å². The summed E-state index contributed by atoms with van der Waals surface area (Å²) in [5, 5.41) is 13.3. The topological polar surface area (TPSA) is 111 Å². The second-order valence-corrected chi connectivity index (χ2v) is 15.2. The third kappa shape index (κ3) is 9.04. The number of aliphatic hydroxyl groups excluding tert-OH is 1. The Balaban J connectivity index is 1.08. The molecule has 8 rings (SSSR count). The number of Topliss-reactive ketones (excluding diaryl/α,β-unsaturated/α-hetero) is 1. The van der Waals surface area contributed by atoms with E-state index in [1.54, 1.807) is 24.3 Å². The molecule has 1 aromatic heterocycles. The van der Waals surface area contributed by atoms with E-state index in [1.807, 2.05) is 127 Å². The van der Waals surface area contributed by atoms with Crippen LogP contribution in [0.3, 0.4) is 0 Å². The molecule has 1 fully saturated rings. The molecule has 1 unspecified atom stereocenters. The van der Waals surface area contributed by atoms with Gasteiger partial charge in [0.25, 0.3) is 5.22 Å². The quantitative estimate of drug-likeness (QED) is 0.0878. The average molecular weight is 787 g/mol. The van der Waals surface area contributed by atoms with Crippen molar-refractivity contribution in [1.29, 1.82) is 0 Å². The Hall–Kier alpha value is -6.10. The maximum atomic E-state index is 13.0. The standard InChI is InChI=1S/C49H42N2O6S/c1-32(53)40-18-11-19-41(29-40)50-43(54)28-33-20-26-39(27-21-33)48-55-42(44(35-12-5-2-6-13-35)46(56-48)38-24-22-34(30-52)23-25-38)31-58-49-51-45(36-14-7-3-8-15-36)47(57-49)37-16-9-4-10-17-37/h2-27,29,42,44,46,48,52H,28,30-31H2,1H3,(H,50,54)/t42-,44-,46+,48?/m1/s1. The molecule has 0 bridgehead atoms. The largest absolute Gasteiger partial charge is 0.431 e. The highest BCUT2D eigenvalue weighted by molar-refractivity contribution is 7.99. The van der Waals surface area contributed by atoms with Gasteiger partial charge in [0.15, 0.2) is 17.8 Å². The maximum absolute atomic E-state index is 13.0. The van der Waals surface area contributed by atoms with E-state index in [-0.39, 0.29) is 36.7 Å². The van der Waals surface area contributed by atoms with Crippen molar-refractivity contribution in [3.8, 4) is 22.6 Å². The van der Waals surface area contributed by atoms with Gasteiger partial charge in [-0.1, -0.05) is 163 Å². The number of carbonyl (C=O) groups excluding carboxylic acids is 2. The zero-order chi connectivity index (χ0) is 39.8. The van der Waals surface area contributed by atoms with E-state index in [9.17, 15) is 14.7 Å². The van der Waals surface area contributed by atoms with Gasteiger partial charge in [-0.05, 0) is 41.3 Å². The van der Waals surface area contributed by atoms with Crippen molar-refractivity contribution in [3.63, 3.8) is 0 Å². The van der Waals surface area contributed by atoms with E-state index in [4.69, 9.17) is 18.9 Å². The minimum absolute atomic E-state index is 0.0554. The predicted molar refractivity (Wildman–Crippen MR) is 226 cm³/mol. The lowest BCUT2D eigenvalue weighted by Crippen LogP contribution is -2.38. The summed E-state index contributed by atoms with van der Waals surface area (Å²) in [5.74, 6) is 0.763. The number of hydrogen-bond donors (Lipinski definition) is 2. The Morgan fingerprint density at radius 3 is 2.00 bits per heavy atom. The number of oxazole rings is 1. The second kappa shape index (κ2) is 18.0. The van der Waals surface area contributed by atoms with Crippen molar-refractivity contribution in [2.45, 2.75) is 49.6 Å². The van der Waals surface area contributed by atoms with Crippen LogP contribution in [0.1, 0.15) is 63.4 Å². The van der Waals surface area contributed by atoms with Crippen LogP contribution in [0.5, 0.6) is 0 Å². The van der Waals surface area contributed by atoms with Gasteiger partial charge in [0.2, 0.25) is 5.91 Å². The number of ether oxygens (including phenoxy) is 2. The van der Waals surface area contributed by atoms with Crippen LogP contribution in [0.4, 0.5) is 5.69 Å². The minimum Gasteiger partial charge on any atom is -0.431 e. The van der Waals surface area contributed by atoms with Crippen molar-refractivity contribution in [2.75, 3.05) is 11.1 Å². The third-order valence-electron chi connectivity index (χ3n) is 10.2. The zero-order valence-corrected chi connectivity index (χ0v) is 32.7. The SMILES string of the molecule is CC(=O)c1cccc(NC(=O)Cc2ccc(C3O[C@H](CSc4nc(-c5ccccc5)c(-c5ccccc5)o4)[C@@H](c4ccccc4)[C@H](c4ccc(CO)cc4)O3)cc2)c1. The molecule has 8 nitrogen and oxygen atoms in total. The molecule has 0 spiro atoms. The number of benzene rings is 6. The first-order valence-corrected chi connectivity index (χ1v) is 20.2. The summed E-state index contributed by atoms with van der Waals surface area (Å²) >= 11 is 1.51. The summed E-state index contributed by atoms with van der Waals surface area (Å²) in [6.07, 6.45) is -1.33. The molecule has 1 aliphatic heterocycles. The number of amides is 1. The third-order valence-corrected chi connectivity index (χ3v) is 11.1. The Labute approximate surface area is 341 Å². The first-order valence-electron chi connectivity index (χ1n) is 19.2. The van der Waals surface area contributed by atoms with Crippen LogP contribution >= 0.6 is 11.8 Å². The van der Waals surface area contributed by atoms with Crippen molar-refractivity contribution in [3.05, 3.63) is 197 Å². The van der Waals surface area contributed by atoms with Gasteiger partial charge in [0.05, 0.1) is 25.2 Å². The number of nitrogens with zero attached hydrogens (tertiary/aromatic N) is 1. The summed E-state index contributed by atoms with van der Waals surface area (Å²) in [7, 11) is 0. The van der Waals surface area contributed by atoms with Crippen molar-refractivity contribution in [1.82, 2.24) is 4.98 Å². The van der Waals surface area contributed by atoms with Gasteiger partial charge in [-0.15, -0.1) is 0 Å². The lowest BCUT2D eigenvalue weighted by atomic mass is 9.84. The summed E-state index contributed by atoms with van der Waals surface area (Å²) in [6.45, 7) is 1.44. The number of aromatic nitrogens is 1. The molecule has 1 saturated heterocycles. The van der Waals surface area contributed by atoms with E-state index < -0.39 is 12.4 Å². The van der Waals surface area contributed by atoms with Gasteiger partial charge in [0, 0.05) is 39.6 Å². The molecule has 0 saturated carbocycles. The molecule has 6 aromatic carbocycles. The summed E-state index contributed by atoms with van der Waals surface area (Å²) in [6, 6.07) is 52.8. The molecule has 2 heterocycles. The van der Waals surface area contributed by atoms with Gasteiger partial charge in [-0.2, -0.15) is 0 Å². The summed E-state index contributed by atoms with van der Waals surface area (Å²) < 4.78 is 20.4. The molecule has 0 radical (unpaired) electrons. The molecule has 4 atom stereocenters. The lowest BCUT2D eigenvalue weighted by molar-refractivity contribution is -0.255. The Morgan fingerprint density at radius 1 is 0.690 bits per heavy atom. The first kappa shape index (κ1) is 38.8. The Morgan fingerprint density at radius 2 is 1.33 bits per heavy atom. The number of thioether (sulfide) groups is 1. The second-order valence-electron chi connectivity index (χ2n) is 14.2. The number of carbonyl (C=O) groups is 2. The van der Waals surface area contributed by atoms with Crippen LogP contribution in [0, 0.1) is 0 Å². The van der Waals surface area contributed by atoms with Crippen LogP contribution in [-0.2, 0) is 27.3 Å². The van der Waals surface area contributed by atoms with E-state index in [0.29, 0.717) is 28.0 Å². The van der Waals surface area contributed by atoms with E-state index in [0.717, 1.165) is 44.6 Å².